The number of thiazole rings is 1. The average Bonchev–Trinajstić information content (AvgIpc) is 2.93. The number of aromatic nitrogens is 1. The second-order valence-electron chi connectivity index (χ2n) is 6.63. The first-order valence-electron chi connectivity index (χ1n) is 8.71. The Morgan fingerprint density at radius 1 is 1.12 bits per heavy atom. The Morgan fingerprint density at radius 2 is 1.84 bits per heavy atom. The molecule has 2 aromatic rings. The summed E-state index contributed by atoms with van der Waals surface area (Å²) in [6.07, 6.45) is 0.390. The summed E-state index contributed by atoms with van der Waals surface area (Å²) in [6.45, 7) is 9.86. The number of piperazine rings is 1. The Kier molecular flexibility index (Phi) is 5.27. The van der Waals surface area contributed by atoms with Gasteiger partial charge in [0.25, 0.3) is 0 Å². The Hall–Kier alpha value is -2.08. The van der Waals surface area contributed by atoms with Gasteiger partial charge in [0, 0.05) is 55.9 Å². The normalized spacial score (nSPS) is 14.8. The van der Waals surface area contributed by atoms with Crippen LogP contribution >= 0.6 is 11.3 Å². The lowest BCUT2D eigenvalue weighted by atomic mass is 10.1. The van der Waals surface area contributed by atoms with E-state index in [0.29, 0.717) is 13.0 Å². The van der Waals surface area contributed by atoms with Crippen LogP contribution in [0.4, 0.5) is 5.69 Å². The van der Waals surface area contributed by atoms with Crippen LogP contribution in [0, 0.1) is 20.8 Å². The van der Waals surface area contributed by atoms with E-state index in [1.165, 1.54) is 28.2 Å². The fraction of sp³-hybridized carbons (Fsp3) is 0.474. The summed E-state index contributed by atoms with van der Waals surface area (Å²) in [5, 5.41) is 1.84. The maximum Gasteiger partial charge on any atom is 0.307 e. The first-order valence-corrected chi connectivity index (χ1v) is 9.59. The molecule has 2 heterocycles. The maximum atomic E-state index is 12.5. The van der Waals surface area contributed by atoms with Gasteiger partial charge in [-0.05, 0) is 38.0 Å². The van der Waals surface area contributed by atoms with Crippen LogP contribution in [-0.2, 0) is 11.3 Å². The number of benzene rings is 1. The highest BCUT2D eigenvalue weighted by atomic mass is 32.1. The molecule has 134 valence electrons. The van der Waals surface area contributed by atoms with Crippen molar-refractivity contribution in [2.24, 2.45) is 0 Å². The summed E-state index contributed by atoms with van der Waals surface area (Å²) in [5.41, 5.74) is 4.82. The second kappa shape index (κ2) is 7.44. The predicted octanol–water partition coefficient (Wildman–Crippen LogP) is 2.57. The van der Waals surface area contributed by atoms with Gasteiger partial charge in [-0.1, -0.05) is 23.5 Å². The van der Waals surface area contributed by atoms with Gasteiger partial charge in [0.15, 0.2) is 0 Å². The van der Waals surface area contributed by atoms with Gasteiger partial charge >= 0.3 is 4.87 Å². The van der Waals surface area contributed by atoms with Crippen molar-refractivity contribution in [1.29, 1.82) is 0 Å². The zero-order valence-corrected chi connectivity index (χ0v) is 15.9. The third-order valence-electron chi connectivity index (χ3n) is 5.07. The van der Waals surface area contributed by atoms with E-state index >= 15 is 0 Å². The SMILES string of the molecule is Cc1cccc(N2CCN(C(=O)CCn3c(C)csc3=O)CC2)c1C. The number of carbonyl (C=O) groups is 1. The van der Waals surface area contributed by atoms with E-state index in [9.17, 15) is 9.59 Å². The summed E-state index contributed by atoms with van der Waals surface area (Å²) in [7, 11) is 0. The molecule has 0 unspecified atom stereocenters. The summed E-state index contributed by atoms with van der Waals surface area (Å²) >= 11 is 1.19. The molecule has 1 saturated heterocycles. The van der Waals surface area contributed by atoms with Crippen LogP contribution in [0.5, 0.6) is 0 Å². The van der Waals surface area contributed by atoms with Crippen LogP contribution in [0.1, 0.15) is 23.2 Å². The van der Waals surface area contributed by atoms with Gasteiger partial charge in [0.2, 0.25) is 5.91 Å². The Morgan fingerprint density at radius 3 is 2.48 bits per heavy atom. The summed E-state index contributed by atoms with van der Waals surface area (Å²) < 4.78 is 1.69. The van der Waals surface area contributed by atoms with Gasteiger partial charge < -0.3 is 14.4 Å². The first kappa shape index (κ1) is 17.7. The van der Waals surface area contributed by atoms with Gasteiger partial charge in [-0.25, -0.2) is 0 Å². The molecular formula is C19H25N3O2S. The smallest absolute Gasteiger partial charge is 0.307 e. The van der Waals surface area contributed by atoms with E-state index in [4.69, 9.17) is 0 Å². The molecule has 0 atom stereocenters. The van der Waals surface area contributed by atoms with E-state index in [1.54, 1.807) is 4.57 Å². The number of hydrogen-bond donors (Lipinski definition) is 0. The van der Waals surface area contributed by atoms with Crippen molar-refractivity contribution >= 4 is 22.9 Å². The molecule has 3 rings (SSSR count). The molecule has 0 N–H and O–H groups in total. The van der Waals surface area contributed by atoms with Crippen molar-refractivity contribution in [3.63, 3.8) is 0 Å². The molecule has 1 fully saturated rings. The fourth-order valence-corrected chi connectivity index (χ4v) is 4.08. The van der Waals surface area contributed by atoms with Gasteiger partial charge in [-0.3, -0.25) is 9.59 Å². The van der Waals surface area contributed by atoms with Gasteiger partial charge in [0.05, 0.1) is 0 Å². The number of hydrogen-bond acceptors (Lipinski definition) is 4. The van der Waals surface area contributed by atoms with Crippen LogP contribution in [0.2, 0.25) is 0 Å². The maximum absolute atomic E-state index is 12.5. The molecule has 1 aromatic carbocycles. The van der Waals surface area contributed by atoms with E-state index in [1.807, 2.05) is 17.2 Å². The summed E-state index contributed by atoms with van der Waals surface area (Å²) in [6, 6.07) is 6.38. The van der Waals surface area contributed by atoms with E-state index in [-0.39, 0.29) is 10.8 Å². The number of aryl methyl sites for hydroxylation is 2. The lowest BCUT2D eigenvalue weighted by Gasteiger charge is -2.37. The van der Waals surface area contributed by atoms with Crippen molar-refractivity contribution in [3.8, 4) is 0 Å². The third kappa shape index (κ3) is 3.79. The van der Waals surface area contributed by atoms with Crippen LogP contribution in [0.25, 0.3) is 0 Å². The zero-order valence-electron chi connectivity index (χ0n) is 15.1. The average molecular weight is 359 g/mol. The van der Waals surface area contributed by atoms with E-state index < -0.39 is 0 Å². The van der Waals surface area contributed by atoms with Gasteiger partial charge in [0.1, 0.15) is 0 Å². The molecular weight excluding hydrogens is 334 g/mol. The molecule has 0 saturated carbocycles. The quantitative estimate of drug-likeness (QED) is 0.843. The molecule has 1 aliphatic heterocycles. The molecule has 6 heteroatoms. The Balaban J connectivity index is 1.56. The minimum atomic E-state index is 0.0186. The van der Waals surface area contributed by atoms with Crippen molar-refractivity contribution in [2.45, 2.75) is 33.7 Å². The van der Waals surface area contributed by atoms with Crippen LogP contribution in [0.15, 0.2) is 28.4 Å². The number of anilines is 1. The molecule has 0 aliphatic carbocycles. The van der Waals surface area contributed by atoms with Gasteiger partial charge in [-0.2, -0.15) is 0 Å². The molecule has 1 aromatic heterocycles. The van der Waals surface area contributed by atoms with Crippen molar-refractivity contribution in [3.05, 3.63) is 50.1 Å². The fourth-order valence-electron chi connectivity index (χ4n) is 3.32. The number of nitrogens with zero attached hydrogens (tertiary/aromatic N) is 3. The zero-order chi connectivity index (χ0) is 18.0. The molecule has 5 nitrogen and oxygen atoms in total. The first-order chi connectivity index (χ1) is 12.0. The van der Waals surface area contributed by atoms with Crippen LogP contribution in [0.3, 0.4) is 0 Å². The predicted molar refractivity (Wildman–Crippen MR) is 103 cm³/mol. The highest BCUT2D eigenvalue weighted by Crippen LogP contribution is 2.24. The van der Waals surface area contributed by atoms with E-state index in [2.05, 4.69) is 36.9 Å². The Labute approximate surface area is 152 Å². The molecule has 0 spiro atoms. The molecule has 1 amide bonds. The summed E-state index contributed by atoms with van der Waals surface area (Å²) in [4.78, 5) is 28.5. The Bertz CT molecular complexity index is 816. The molecule has 1 aliphatic rings. The molecule has 25 heavy (non-hydrogen) atoms. The molecule has 0 radical (unpaired) electrons. The number of amides is 1. The standard InChI is InChI=1S/C19H25N3O2S/c1-14-5-4-6-17(16(14)3)20-9-11-21(12-10-20)18(23)7-8-22-15(2)13-25-19(22)24/h4-6,13H,7-12H2,1-3H3. The topological polar surface area (TPSA) is 45.5 Å². The number of rotatable bonds is 4. The van der Waals surface area contributed by atoms with Crippen molar-refractivity contribution in [2.75, 3.05) is 31.1 Å². The minimum absolute atomic E-state index is 0.0186. The van der Waals surface area contributed by atoms with Crippen LogP contribution in [-0.4, -0.2) is 41.6 Å². The van der Waals surface area contributed by atoms with Crippen molar-refractivity contribution in [1.82, 2.24) is 9.47 Å². The van der Waals surface area contributed by atoms with Gasteiger partial charge in [-0.15, -0.1) is 0 Å². The minimum Gasteiger partial charge on any atom is -0.368 e. The third-order valence-corrected chi connectivity index (χ3v) is 5.96. The highest BCUT2D eigenvalue weighted by Gasteiger charge is 2.22. The highest BCUT2D eigenvalue weighted by molar-refractivity contribution is 7.07. The van der Waals surface area contributed by atoms with Crippen molar-refractivity contribution < 1.29 is 4.79 Å². The monoisotopic (exact) mass is 359 g/mol. The number of carbonyl (C=O) groups excluding carboxylic acids is 1. The second-order valence-corrected chi connectivity index (χ2v) is 7.45. The van der Waals surface area contributed by atoms with E-state index in [0.717, 1.165) is 31.9 Å². The lowest BCUT2D eigenvalue weighted by molar-refractivity contribution is -0.131. The molecule has 0 bridgehead atoms. The van der Waals surface area contributed by atoms with Crippen LogP contribution < -0.4 is 9.77 Å². The largest absolute Gasteiger partial charge is 0.368 e. The lowest BCUT2D eigenvalue weighted by Crippen LogP contribution is -2.49. The summed E-state index contributed by atoms with van der Waals surface area (Å²) in [5.74, 6) is 0.137.